The van der Waals surface area contributed by atoms with Crippen LogP contribution >= 0.6 is 0 Å². The van der Waals surface area contributed by atoms with Crippen molar-refractivity contribution in [3.63, 3.8) is 0 Å². The predicted octanol–water partition coefficient (Wildman–Crippen LogP) is 1.84. The number of carbonyl (C=O) groups is 1. The van der Waals surface area contributed by atoms with E-state index < -0.39 is 11.9 Å². The number of aliphatic hydroxyl groups is 1. The van der Waals surface area contributed by atoms with Crippen molar-refractivity contribution < 1.29 is 19.0 Å². The zero-order valence-electron chi connectivity index (χ0n) is 10.4. The van der Waals surface area contributed by atoms with Gasteiger partial charge in [0.15, 0.2) is 11.6 Å². The monoisotopic (exact) mass is 253 g/mol. The summed E-state index contributed by atoms with van der Waals surface area (Å²) < 4.78 is 19.1. The average molecular weight is 253 g/mol. The van der Waals surface area contributed by atoms with Crippen molar-refractivity contribution in [1.29, 1.82) is 0 Å². The molecule has 1 aromatic carbocycles. The Morgan fingerprint density at radius 3 is 2.94 bits per heavy atom. The smallest absolute Gasteiger partial charge is 0.217 e. The van der Waals surface area contributed by atoms with E-state index in [1.807, 2.05) is 0 Å². The van der Waals surface area contributed by atoms with Crippen molar-refractivity contribution in [1.82, 2.24) is 5.32 Å². The lowest BCUT2D eigenvalue weighted by molar-refractivity contribution is -0.119. The van der Waals surface area contributed by atoms with Crippen molar-refractivity contribution in [3.05, 3.63) is 29.1 Å². The van der Waals surface area contributed by atoms with Crippen LogP contribution < -0.4 is 10.1 Å². The maximum atomic E-state index is 13.9. The lowest BCUT2D eigenvalue weighted by atomic mass is 9.96. The average Bonchev–Trinajstić information content (AvgIpc) is 2.29. The van der Waals surface area contributed by atoms with Gasteiger partial charge in [0.05, 0.1) is 18.8 Å². The highest BCUT2D eigenvalue weighted by Gasteiger charge is 2.26. The maximum Gasteiger partial charge on any atom is 0.217 e. The first-order valence-corrected chi connectivity index (χ1v) is 5.90. The van der Waals surface area contributed by atoms with E-state index in [9.17, 15) is 14.3 Å². The Morgan fingerprint density at radius 1 is 1.61 bits per heavy atom. The summed E-state index contributed by atoms with van der Waals surface area (Å²) in [4.78, 5) is 11.1. The van der Waals surface area contributed by atoms with Gasteiger partial charge in [0.1, 0.15) is 0 Å². The van der Waals surface area contributed by atoms with Crippen LogP contribution in [0.1, 0.15) is 43.5 Å². The zero-order chi connectivity index (χ0) is 13.3. The summed E-state index contributed by atoms with van der Waals surface area (Å²) in [7, 11) is 0. The van der Waals surface area contributed by atoms with Gasteiger partial charge in [0.25, 0.3) is 0 Å². The van der Waals surface area contributed by atoms with Crippen molar-refractivity contribution in [2.45, 2.75) is 32.4 Å². The van der Waals surface area contributed by atoms with Gasteiger partial charge in [-0.1, -0.05) is 0 Å². The van der Waals surface area contributed by atoms with Gasteiger partial charge in [-0.15, -0.1) is 0 Å². The Labute approximate surface area is 105 Å². The van der Waals surface area contributed by atoms with Gasteiger partial charge < -0.3 is 15.2 Å². The summed E-state index contributed by atoms with van der Waals surface area (Å²) in [6.45, 7) is 3.35. The van der Waals surface area contributed by atoms with E-state index in [1.54, 1.807) is 13.0 Å². The minimum absolute atomic E-state index is 0.171. The van der Waals surface area contributed by atoms with E-state index in [1.165, 1.54) is 13.0 Å². The molecule has 0 saturated carbocycles. The first-order chi connectivity index (χ1) is 8.49. The Balaban J connectivity index is 2.44. The largest absolute Gasteiger partial charge is 0.490 e. The molecule has 1 aromatic rings. The number of rotatable bonds is 2. The lowest BCUT2D eigenvalue weighted by Gasteiger charge is -2.27. The van der Waals surface area contributed by atoms with Crippen LogP contribution in [0.2, 0.25) is 0 Å². The van der Waals surface area contributed by atoms with Crippen LogP contribution in [0, 0.1) is 5.82 Å². The molecule has 18 heavy (non-hydrogen) atoms. The second-order valence-electron chi connectivity index (χ2n) is 4.49. The van der Waals surface area contributed by atoms with E-state index >= 15 is 0 Å². The summed E-state index contributed by atoms with van der Waals surface area (Å²) in [6.07, 6.45) is -0.167. The van der Waals surface area contributed by atoms with E-state index in [-0.39, 0.29) is 17.7 Å². The molecule has 2 rings (SSSR count). The Bertz CT molecular complexity index is 474. The number of aliphatic hydroxyl groups excluding tert-OH is 1. The van der Waals surface area contributed by atoms with Crippen molar-refractivity contribution >= 4 is 5.91 Å². The molecule has 4 nitrogen and oxygen atoms in total. The summed E-state index contributed by atoms with van der Waals surface area (Å²) in [5.74, 6) is -0.501. The summed E-state index contributed by atoms with van der Waals surface area (Å²) >= 11 is 0. The minimum atomic E-state index is -0.760. The fraction of sp³-hybridized carbons (Fsp3) is 0.462. The van der Waals surface area contributed by atoms with Crippen molar-refractivity contribution in [2.24, 2.45) is 0 Å². The number of fused-ring (bicyclic) bond motifs is 1. The topological polar surface area (TPSA) is 58.6 Å². The molecule has 0 saturated heterocycles. The van der Waals surface area contributed by atoms with Gasteiger partial charge in [0, 0.05) is 18.9 Å². The van der Waals surface area contributed by atoms with Crippen LogP contribution in [-0.2, 0) is 4.79 Å². The maximum absolute atomic E-state index is 13.9. The Kier molecular flexibility index (Phi) is 3.52. The molecule has 2 atom stereocenters. The SMILES string of the molecule is CC(=O)NC1CCOc2c(F)cc(C(C)O)cc21. The van der Waals surface area contributed by atoms with E-state index in [4.69, 9.17) is 4.74 Å². The second kappa shape index (κ2) is 4.94. The van der Waals surface area contributed by atoms with Crippen LogP contribution in [0.4, 0.5) is 4.39 Å². The molecule has 0 aliphatic carbocycles. The van der Waals surface area contributed by atoms with Crippen LogP contribution in [0.3, 0.4) is 0 Å². The predicted molar refractivity (Wildman–Crippen MR) is 63.7 cm³/mol. The molecule has 1 aliphatic heterocycles. The number of hydrogen-bond donors (Lipinski definition) is 2. The van der Waals surface area contributed by atoms with Crippen LogP contribution in [0.5, 0.6) is 5.75 Å². The van der Waals surface area contributed by atoms with Gasteiger partial charge in [-0.05, 0) is 24.6 Å². The van der Waals surface area contributed by atoms with Gasteiger partial charge in [-0.2, -0.15) is 0 Å². The van der Waals surface area contributed by atoms with Crippen LogP contribution in [-0.4, -0.2) is 17.6 Å². The summed E-state index contributed by atoms with van der Waals surface area (Å²) in [5.41, 5.74) is 1.07. The minimum Gasteiger partial charge on any atom is -0.490 e. The molecular formula is C13H16FNO3. The van der Waals surface area contributed by atoms with Gasteiger partial charge in [0.2, 0.25) is 5.91 Å². The second-order valence-corrected chi connectivity index (χ2v) is 4.49. The quantitative estimate of drug-likeness (QED) is 0.845. The molecule has 0 aromatic heterocycles. The van der Waals surface area contributed by atoms with E-state index in [2.05, 4.69) is 5.32 Å². The third kappa shape index (κ3) is 2.46. The Hall–Kier alpha value is -1.62. The molecule has 1 heterocycles. The van der Waals surface area contributed by atoms with Crippen LogP contribution in [0.15, 0.2) is 12.1 Å². The number of halogens is 1. The highest BCUT2D eigenvalue weighted by Crippen LogP contribution is 2.36. The molecule has 0 spiro atoms. The van der Waals surface area contributed by atoms with Crippen molar-refractivity contribution in [2.75, 3.05) is 6.61 Å². The standard InChI is InChI=1S/C13H16FNO3/c1-7(16)9-5-10-12(15-8(2)17)3-4-18-13(10)11(14)6-9/h5-7,12,16H,3-4H2,1-2H3,(H,15,17). The normalized spacial score (nSPS) is 19.7. The highest BCUT2D eigenvalue weighted by atomic mass is 19.1. The molecule has 5 heteroatoms. The first-order valence-electron chi connectivity index (χ1n) is 5.90. The lowest BCUT2D eigenvalue weighted by Crippen LogP contribution is -2.31. The number of nitrogens with one attached hydrogen (secondary N) is 1. The molecule has 2 N–H and O–H groups in total. The van der Waals surface area contributed by atoms with Gasteiger partial charge in [-0.3, -0.25) is 4.79 Å². The van der Waals surface area contributed by atoms with Crippen LogP contribution in [0.25, 0.3) is 0 Å². The number of ether oxygens (including phenoxy) is 1. The zero-order valence-corrected chi connectivity index (χ0v) is 10.4. The number of benzene rings is 1. The van der Waals surface area contributed by atoms with Gasteiger partial charge in [-0.25, -0.2) is 4.39 Å². The van der Waals surface area contributed by atoms with E-state index in [0.717, 1.165) is 0 Å². The first kappa shape index (κ1) is 12.8. The molecule has 0 bridgehead atoms. The number of carbonyl (C=O) groups excluding carboxylic acids is 1. The third-order valence-electron chi connectivity index (χ3n) is 2.98. The van der Waals surface area contributed by atoms with Crippen molar-refractivity contribution in [3.8, 4) is 5.75 Å². The third-order valence-corrected chi connectivity index (χ3v) is 2.98. The summed E-state index contributed by atoms with van der Waals surface area (Å²) in [5, 5.41) is 12.3. The number of hydrogen-bond acceptors (Lipinski definition) is 3. The molecule has 0 fully saturated rings. The highest BCUT2D eigenvalue weighted by molar-refractivity contribution is 5.73. The molecule has 98 valence electrons. The summed E-state index contributed by atoms with van der Waals surface area (Å²) in [6, 6.07) is 2.68. The Morgan fingerprint density at radius 2 is 2.33 bits per heavy atom. The molecule has 2 unspecified atom stereocenters. The number of amides is 1. The molecule has 1 amide bonds. The van der Waals surface area contributed by atoms with E-state index in [0.29, 0.717) is 24.2 Å². The fourth-order valence-corrected chi connectivity index (χ4v) is 2.12. The molecule has 1 aliphatic rings. The van der Waals surface area contributed by atoms with Gasteiger partial charge >= 0.3 is 0 Å². The fourth-order valence-electron chi connectivity index (χ4n) is 2.12. The molecule has 0 radical (unpaired) electrons. The molecular weight excluding hydrogens is 237 g/mol.